The highest BCUT2D eigenvalue weighted by Crippen LogP contribution is 2.12. The van der Waals surface area contributed by atoms with Crippen LogP contribution in [0.1, 0.15) is 0 Å². The maximum atomic E-state index is 3.33. The van der Waals surface area contributed by atoms with Gasteiger partial charge in [-0.3, -0.25) is 0 Å². The van der Waals surface area contributed by atoms with E-state index in [2.05, 4.69) is 5.32 Å². The predicted molar refractivity (Wildman–Crippen MR) is 58.5 cm³/mol. The van der Waals surface area contributed by atoms with E-state index < -0.39 is 0 Å². The van der Waals surface area contributed by atoms with Crippen LogP contribution in [0.3, 0.4) is 0 Å². The number of pyridine rings is 2. The molecule has 92 valence electrons. The summed E-state index contributed by atoms with van der Waals surface area (Å²) < 4.78 is 4.02. The van der Waals surface area contributed by atoms with Crippen molar-refractivity contribution in [3.63, 3.8) is 0 Å². The molecule has 0 bridgehead atoms. The molecule has 0 atom stereocenters. The molecule has 0 saturated carbocycles. The number of hydrogen-bond acceptors (Lipinski definition) is 1. The maximum absolute atomic E-state index is 3.33. The lowest BCUT2D eigenvalue weighted by molar-refractivity contribution is -0.671. The Bertz CT molecular complexity index is 397. The molecule has 0 amide bonds. The molecule has 0 aliphatic carbocycles. The zero-order chi connectivity index (χ0) is 10.7. The Labute approximate surface area is 136 Å². The number of aryl methyl sites for hydroxylation is 2. The fourth-order valence-corrected chi connectivity index (χ4v) is 1.34. The number of nitrogens with zero attached hydrogens (tertiary/aromatic N) is 2. The quantitative estimate of drug-likeness (QED) is 0.356. The fraction of sp³-hybridized carbons (Fsp3) is 0.167. The molecule has 5 heteroatoms. The largest absolute Gasteiger partial charge is 1.00 e. The fourth-order valence-electron chi connectivity index (χ4n) is 1.34. The third-order valence-electron chi connectivity index (χ3n) is 2.25. The first kappa shape index (κ1) is 16.6. The van der Waals surface area contributed by atoms with Gasteiger partial charge in [0, 0.05) is 24.3 Å². The lowest BCUT2D eigenvalue weighted by atomic mass is 10.3. The Hall–Kier alpha value is -0.440. The Morgan fingerprint density at radius 3 is 1.29 bits per heavy atom. The van der Waals surface area contributed by atoms with Crippen molar-refractivity contribution in [2.75, 3.05) is 5.32 Å². The molecule has 0 radical (unpaired) electrons. The van der Waals surface area contributed by atoms with Crippen LogP contribution in [0.5, 0.6) is 0 Å². The molecule has 0 spiro atoms. The van der Waals surface area contributed by atoms with Crippen LogP contribution < -0.4 is 62.4 Å². The Kier molecular flexibility index (Phi) is 7.60. The van der Waals surface area contributed by atoms with Gasteiger partial charge in [0.05, 0.1) is 11.4 Å². The van der Waals surface area contributed by atoms with E-state index in [4.69, 9.17) is 0 Å². The number of halogens is 2. The molecule has 2 aromatic rings. The summed E-state index contributed by atoms with van der Waals surface area (Å²) >= 11 is 0. The van der Waals surface area contributed by atoms with E-state index in [9.17, 15) is 0 Å². The van der Waals surface area contributed by atoms with Gasteiger partial charge in [-0.2, -0.15) is 0 Å². The van der Waals surface area contributed by atoms with Gasteiger partial charge < -0.3 is 53.3 Å². The minimum Gasteiger partial charge on any atom is -1.00 e. The van der Waals surface area contributed by atoms with Crippen molar-refractivity contribution in [2.45, 2.75) is 0 Å². The second-order valence-electron chi connectivity index (χ2n) is 3.63. The first-order valence-corrected chi connectivity index (χ1v) is 4.92. The molecule has 0 aliphatic rings. The SMILES string of the molecule is C[n+]1ccc(Nc2cc[n+](C)cc2)cc1.[I-].[I-]. The summed E-state index contributed by atoms with van der Waals surface area (Å²) in [6.07, 6.45) is 8.08. The van der Waals surface area contributed by atoms with Crippen LogP contribution in [-0.2, 0) is 14.1 Å². The lowest BCUT2D eigenvalue weighted by Gasteiger charge is -2.03. The molecule has 2 heterocycles. The van der Waals surface area contributed by atoms with Crippen LogP contribution in [0.25, 0.3) is 0 Å². The average Bonchev–Trinajstić information content (AvgIpc) is 2.25. The second-order valence-corrected chi connectivity index (χ2v) is 3.63. The van der Waals surface area contributed by atoms with Crippen LogP contribution in [0.15, 0.2) is 49.1 Å². The topological polar surface area (TPSA) is 19.8 Å². The first-order chi connectivity index (χ1) is 7.24. The summed E-state index contributed by atoms with van der Waals surface area (Å²) in [5.41, 5.74) is 2.20. The molecule has 2 rings (SSSR count). The van der Waals surface area contributed by atoms with Gasteiger partial charge in [0.25, 0.3) is 0 Å². The van der Waals surface area contributed by atoms with Crippen LogP contribution >= 0.6 is 0 Å². The van der Waals surface area contributed by atoms with Crippen molar-refractivity contribution in [3.05, 3.63) is 49.1 Å². The molecule has 0 fully saturated rings. The van der Waals surface area contributed by atoms with Crippen molar-refractivity contribution in [2.24, 2.45) is 14.1 Å². The number of nitrogens with one attached hydrogen (secondary N) is 1. The molecule has 0 aromatic carbocycles. The third kappa shape index (κ3) is 5.15. The van der Waals surface area contributed by atoms with E-state index in [1.165, 1.54) is 0 Å². The molecule has 0 saturated heterocycles. The highest BCUT2D eigenvalue weighted by Gasteiger charge is 1.98. The van der Waals surface area contributed by atoms with Gasteiger partial charge in [-0.15, -0.1) is 0 Å². The summed E-state index contributed by atoms with van der Waals surface area (Å²) in [7, 11) is 4.01. The van der Waals surface area contributed by atoms with E-state index in [0.717, 1.165) is 11.4 Å². The first-order valence-electron chi connectivity index (χ1n) is 4.92. The van der Waals surface area contributed by atoms with Crippen LogP contribution in [0, 0.1) is 0 Å². The van der Waals surface area contributed by atoms with Crippen LogP contribution in [0.4, 0.5) is 11.4 Å². The summed E-state index contributed by atoms with van der Waals surface area (Å²) in [5, 5.41) is 3.33. The van der Waals surface area contributed by atoms with E-state index in [1.807, 2.05) is 72.3 Å². The van der Waals surface area contributed by atoms with Crippen LogP contribution in [0.2, 0.25) is 0 Å². The summed E-state index contributed by atoms with van der Waals surface area (Å²) in [4.78, 5) is 0. The van der Waals surface area contributed by atoms with Gasteiger partial charge in [-0.25, -0.2) is 9.13 Å². The molecule has 3 nitrogen and oxygen atoms in total. The van der Waals surface area contributed by atoms with Gasteiger partial charge >= 0.3 is 0 Å². The molecular weight excluding hydrogens is 440 g/mol. The number of hydrogen-bond donors (Lipinski definition) is 1. The van der Waals surface area contributed by atoms with Crippen LogP contribution in [-0.4, -0.2) is 0 Å². The lowest BCUT2D eigenvalue weighted by Crippen LogP contribution is -3.00. The minimum atomic E-state index is 0. The summed E-state index contributed by atoms with van der Waals surface area (Å²) in [6.45, 7) is 0. The van der Waals surface area contributed by atoms with Gasteiger partial charge in [-0.1, -0.05) is 0 Å². The van der Waals surface area contributed by atoms with E-state index in [-0.39, 0.29) is 48.0 Å². The Balaban J connectivity index is 0.00000128. The normalized spacial score (nSPS) is 8.82. The van der Waals surface area contributed by atoms with Gasteiger partial charge in [0.2, 0.25) is 0 Å². The monoisotopic (exact) mass is 455 g/mol. The molecule has 2 aromatic heterocycles. The second kappa shape index (κ2) is 7.80. The Morgan fingerprint density at radius 2 is 1.00 bits per heavy atom. The van der Waals surface area contributed by atoms with Gasteiger partial charge in [0.15, 0.2) is 24.8 Å². The van der Waals surface area contributed by atoms with E-state index in [1.54, 1.807) is 0 Å². The number of rotatable bonds is 2. The van der Waals surface area contributed by atoms with Gasteiger partial charge in [0.1, 0.15) is 14.1 Å². The zero-order valence-corrected chi connectivity index (χ0v) is 14.1. The molecule has 0 unspecified atom stereocenters. The predicted octanol–water partition coefficient (Wildman–Crippen LogP) is -4.91. The van der Waals surface area contributed by atoms with Crippen molar-refractivity contribution in [3.8, 4) is 0 Å². The zero-order valence-electron chi connectivity index (χ0n) is 9.77. The number of anilines is 2. The summed E-state index contributed by atoms with van der Waals surface area (Å²) in [6, 6.07) is 8.19. The number of aromatic nitrogens is 2. The molecular formula is C12H15I2N3. The average molecular weight is 455 g/mol. The van der Waals surface area contributed by atoms with E-state index in [0.29, 0.717) is 0 Å². The summed E-state index contributed by atoms with van der Waals surface area (Å²) in [5.74, 6) is 0. The van der Waals surface area contributed by atoms with E-state index >= 15 is 0 Å². The standard InChI is InChI=1S/C12H14N3.2HI/c1-14-7-3-11(4-8-14)13-12-5-9-15(2)10-6-12;;/h3-10H,1-2H3;2*1H/q+1;;/p-1. The highest BCUT2D eigenvalue weighted by atomic mass is 127. The van der Waals surface area contributed by atoms with Gasteiger partial charge in [-0.05, 0) is 0 Å². The Morgan fingerprint density at radius 1 is 0.706 bits per heavy atom. The van der Waals surface area contributed by atoms with Crippen molar-refractivity contribution in [1.29, 1.82) is 0 Å². The maximum Gasteiger partial charge on any atom is 0.170 e. The third-order valence-corrected chi connectivity index (χ3v) is 2.25. The minimum absolute atomic E-state index is 0. The van der Waals surface area contributed by atoms with Crippen molar-refractivity contribution in [1.82, 2.24) is 0 Å². The smallest absolute Gasteiger partial charge is 0.170 e. The molecule has 17 heavy (non-hydrogen) atoms. The molecule has 0 aliphatic heterocycles. The van der Waals surface area contributed by atoms with Crippen molar-refractivity contribution < 1.29 is 57.1 Å². The van der Waals surface area contributed by atoms with Crippen molar-refractivity contribution >= 4 is 11.4 Å². The molecule has 1 N–H and O–H groups in total. The highest BCUT2D eigenvalue weighted by molar-refractivity contribution is 5.57.